The summed E-state index contributed by atoms with van der Waals surface area (Å²) in [7, 11) is 0. The average molecular weight is 641 g/mol. The summed E-state index contributed by atoms with van der Waals surface area (Å²) in [5, 5.41) is 21.8. The summed E-state index contributed by atoms with van der Waals surface area (Å²) < 4.78 is 28.7. The van der Waals surface area contributed by atoms with Crippen molar-refractivity contribution in [3.63, 3.8) is 0 Å². The normalized spacial score (nSPS) is 17.2. The van der Waals surface area contributed by atoms with Crippen LogP contribution in [0.1, 0.15) is 46.8 Å². The zero-order valence-electron chi connectivity index (χ0n) is 24.7. The summed E-state index contributed by atoms with van der Waals surface area (Å²) in [4.78, 5) is 28.6. The molecule has 2 N–H and O–H groups in total. The number of ether oxygens (including phenoxy) is 2. The molecule has 1 saturated heterocycles. The molecule has 1 aliphatic carbocycles. The molecule has 1 fully saturated rings. The van der Waals surface area contributed by atoms with Crippen LogP contribution in [-0.2, 0) is 29.2 Å². The monoisotopic (exact) mass is 640 g/mol. The first kappa shape index (κ1) is 31.0. The second-order valence-corrected chi connectivity index (χ2v) is 11.7. The molecule has 9 nitrogen and oxygen atoms in total. The molecule has 6 rings (SSSR count). The highest BCUT2D eigenvalue weighted by Gasteiger charge is 2.31. The number of amides is 1. The van der Waals surface area contributed by atoms with Crippen molar-refractivity contribution in [2.75, 3.05) is 18.4 Å². The van der Waals surface area contributed by atoms with Gasteiger partial charge in [0.1, 0.15) is 18.8 Å². The van der Waals surface area contributed by atoms with Gasteiger partial charge in [0.2, 0.25) is 12.2 Å². The van der Waals surface area contributed by atoms with Gasteiger partial charge in [0.25, 0.3) is 0 Å². The molecular weight excluding hydrogens is 611 g/mol. The number of carbonyl (C=O) groups is 2. The third-order valence-electron chi connectivity index (χ3n) is 8.45. The zero-order valence-corrected chi connectivity index (χ0v) is 25.5. The molecule has 4 aromatic rings. The number of hydrogen-bond donors (Lipinski definition) is 2. The molecule has 2 atom stereocenters. The number of aromatic nitrogens is 1. The SMILES string of the molecule is N#Cc1cncc(COc2c(CN3CCC(C(=O)O)C3)ccc(OC3CCc4c(-c5cccc(NC=O)c5Cl)cccc43)c2F)c1. The van der Waals surface area contributed by atoms with Crippen LogP contribution in [0.5, 0.6) is 11.5 Å². The molecule has 46 heavy (non-hydrogen) atoms. The van der Waals surface area contributed by atoms with E-state index in [0.29, 0.717) is 72.7 Å². The van der Waals surface area contributed by atoms with E-state index in [1.165, 1.54) is 6.20 Å². The maximum absolute atomic E-state index is 16.3. The van der Waals surface area contributed by atoms with Gasteiger partial charge in [-0.05, 0) is 60.7 Å². The lowest BCUT2D eigenvalue weighted by atomic mass is 9.96. The van der Waals surface area contributed by atoms with E-state index < -0.39 is 23.8 Å². The first-order valence-corrected chi connectivity index (χ1v) is 15.2. The van der Waals surface area contributed by atoms with Gasteiger partial charge in [-0.15, -0.1) is 0 Å². The summed E-state index contributed by atoms with van der Waals surface area (Å²) in [6, 6.07) is 18.3. The van der Waals surface area contributed by atoms with E-state index in [4.69, 9.17) is 21.1 Å². The van der Waals surface area contributed by atoms with Gasteiger partial charge in [-0.2, -0.15) is 9.65 Å². The van der Waals surface area contributed by atoms with Crippen molar-refractivity contribution in [1.29, 1.82) is 5.26 Å². The lowest BCUT2D eigenvalue weighted by Crippen LogP contribution is -2.23. The Labute approximate surface area is 270 Å². The fraction of sp³-hybridized carbons (Fsp3) is 0.257. The van der Waals surface area contributed by atoms with E-state index in [-0.39, 0.29) is 18.1 Å². The predicted octanol–water partition coefficient (Wildman–Crippen LogP) is 6.53. The fourth-order valence-electron chi connectivity index (χ4n) is 6.21. The Balaban J connectivity index is 1.28. The summed E-state index contributed by atoms with van der Waals surface area (Å²) in [6.07, 6.45) is 4.97. The molecule has 2 aliphatic rings. The van der Waals surface area contributed by atoms with E-state index in [9.17, 15) is 20.0 Å². The van der Waals surface area contributed by atoms with Gasteiger partial charge in [-0.3, -0.25) is 19.5 Å². The van der Waals surface area contributed by atoms with E-state index in [0.717, 1.165) is 22.3 Å². The number of hydrogen-bond acceptors (Lipinski definition) is 7. The number of halogens is 2. The smallest absolute Gasteiger partial charge is 0.307 e. The summed E-state index contributed by atoms with van der Waals surface area (Å²) in [5.74, 6) is -1.92. The molecule has 1 aromatic heterocycles. The molecular formula is C35H30ClFN4O5. The zero-order chi connectivity index (χ0) is 32.2. The molecule has 2 unspecified atom stereocenters. The quantitative estimate of drug-likeness (QED) is 0.177. The summed E-state index contributed by atoms with van der Waals surface area (Å²) in [6.45, 7) is 1.22. The highest BCUT2D eigenvalue weighted by molar-refractivity contribution is 6.36. The first-order chi connectivity index (χ1) is 22.4. The van der Waals surface area contributed by atoms with E-state index >= 15 is 4.39 Å². The molecule has 0 radical (unpaired) electrons. The molecule has 1 aliphatic heterocycles. The maximum atomic E-state index is 16.3. The minimum absolute atomic E-state index is 0.0110. The third-order valence-corrected chi connectivity index (χ3v) is 8.86. The molecule has 234 valence electrons. The minimum Gasteiger partial charge on any atom is -0.485 e. The van der Waals surface area contributed by atoms with Gasteiger partial charge in [0.05, 0.1) is 22.2 Å². The number of likely N-dealkylation sites (tertiary alicyclic amines) is 1. The topological polar surface area (TPSA) is 125 Å². The maximum Gasteiger partial charge on any atom is 0.307 e. The number of carboxylic acids is 1. The predicted molar refractivity (Wildman–Crippen MR) is 169 cm³/mol. The molecule has 11 heteroatoms. The largest absolute Gasteiger partial charge is 0.485 e. The van der Waals surface area contributed by atoms with Crippen LogP contribution in [0, 0.1) is 23.1 Å². The van der Waals surface area contributed by atoms with Crippen LogP contribution in [0.4, 0.5) is 10.1 Å². The number of anilines is 1. The van der Waals surface area contributed by atoms with Gasteiger partial charge in [-0.1, -0.05) is 48.0 Å². The lowest BCUT2D eigenvalue weighted by Gasteiger charge is -2.22. The van der Waals surface area contributed by atoms with Crippen molar-refractivity contribution in [1.82, 2.24) is 9.88 Å². The summed E-state index contributed by atoms with van der Waals surface area (Å²) >= 11 is 6.65. The van der Waals surface area contributed by atoms with Crippen molar-refractivity contribution in [2.45, 2.75) is 38.5 Å². The highest BCUT2D eigenvalue weighted by Crippen LogP contribution is 2.44. The Hall–Kier alpha value is -4.98. The number of nitriles is 1. The highest BCUT2D eigenvalue weighted by atomic mass is 35.5. The summed E-state index contributed by atoms with van der Waals surface area (Å²) in [5.41, 5.74) is 5.69. The number of aliphatic carboxylic acids is 1. The number of carboxylic acid groups (broad SMARTS) is 1. The van der Waals surface area contributed by atoms with Crippen LogP contribution >= 0.6 is 11.6 Å². The van der Waals surface area contributed by atoms with E-state index in [1.807, 2.05) is 41.3 Å². The lowest BCUT2D eigenvalue weighted by molar-refractivity contribution is -0.141. The number of pyridine rings is 1. The molecule has 0 saturated carbocycles. The second kappa shape index (κ2) is 13.6. The van der Waals surface area contributed by atoms with Crippen molar-refractivity contribution >= 4 is 29.7 Å². The average Bonchev–Trinajstić information content (AvgIpc) is 3.71. The van der Waals surface area contributed by atoms with E-state index in [2.05, 4.69) is 10.3 Å². The van der Waals surface area contributed by atoms with Crippen molar-refractivity contribution < 1.29 is 28.6 Å². The second-order valence-electron chi connectivity index (χ2n) is 11.4. The number of nitrogens with zero attached hydrogens (tertiary/aromatic N) is 3. The van der Waals surface area contributed by atoms with Gasteiger partial charge < -0.3 is 19.9 Å². The Kier molecular flexibility index (Phi) is 9.15. The van der Waals surface area contributed by atoms with Crippen molar-refractivity contribution in [3.8, 4) is 28.7 Å². The number of benzene rings is 3. The van der Waals surface area contributed by atoms with Crippen molar-refractivity contribution in [3.05, 3.63) is 106 Å². The Morgan fingerprint density at radius 3 is 2.78 bits per heavy atom. The fourth-order valence-corrected chi connectivity index (χ4v) is 6.49. The molecule has 1 amide bonds. The van der Waals surface area contributed by atoms with Crippen molar-refractivity contribution in [2.24, 2.45) is 5.92 Å². The van der Waals surface area contributed by atoms with Crippen LogP contribution < -0.4 is 14.8 Å². The number of rotatable bonds is 11. The number of carbonyl (C=O) groups excluding carboxylic acids is 1. The van der Waals surface area contributed by atoms with E-state index in [1.54, 1.807) is 30.5 Å². The van der Waals surface area contributed by atoms with Crippen LogP contribution in [-0.4, -0.2) is 40.5 Å². The van der Waals surface area contributed by atoms with Gasteiger partial charge in [-0.25, -0.2) is 0 Å². The molecule has 0 bridgehead atoms. The van der Waals surface area contributed by atoms with Gasteiger partial charge in [0.15, 0.2) is 11.5 Å². The van der Waals surface area contributed by atoms with Crippen LogP contribution in [0.3, 0.4) is 0 Å². The standard InChI is InChI=1S/C35H30ClFN4O5/c36-32-28(5-2-6-29(32)40-20-42)25-3-1-4-27-26(25)8-10-30(27)46-31-9-7-23(17-41-12-11-24(18-41)35(43)44)34(33(31)37)45-19-22-13-21(14-38)15-39-16-22/h1-7,9,13,15-16,20,24,30H,8,10-12,17-19H2,(H,40,42)(H,43,44). The van der Waals surface area contributed by atoms with Crippen LogP contribution in [0.15, 0.2) is 67.0 Å². The third kappa shape index (κ3) is 6.38. The Morgan fingerprint density at radius 2 is 2.00 bits per heavy atom. The van der Waals surface area contributed by atoms with Gasteiger partial charge in [0, 0.05) is 42.2 Å². The molecule has 0 spiro atoms. The minimum atomic E-state index is -0.841. The molecule has 3 aromatic carbocycles. The Morgan fingerprint density at radius 1 is 1.17 bits per heavy atom. The first-order valence-electron chi connectivity index (χ1n) is 14.9. The van der Waals surface area contributed by atoms with Crippen LogP contribution in [0.2, 0.25) is 5.02 Å². The Bertz CT molecular complexity index is 1840. The molecule has 2 heterocycles. The van der Waals surface area contributed by atoms with Crippen LogP contribution in [0.25, 0.3) is 11.1 Å². The number of nitrogens with one attached hydrogen (secondary N) is 1. The van der Waals surface area contributed by atoms with Gasteiger partial charge >= 0.3 is 5.97 Å². The number of fused-ring (bicyclic) bond motifs is 1.